The van der Waals surface area contributed by atoms with E-state index in [1.807, 2.05) is 43.3 Å². The topological polar surface area (TPSA) is 37.9 Å². The first kappa shape index (κ1) is 13.3. The Bertz CT molecular complexity index is 768. The predicted octanol–water partition coefficient (Wildman–Crippen LogP) is 4.94. The summed E-state index contributed by atoms with van der Waals surface area (Å²) in [6.45, 7) is 2.51. The van der Waals surface area contributed by atoms with Crippen LogP contribution in [0, 0.1) is 0 Å². The Morgan fingerprint density at radius 3 is 2.75 bits per heavy atom. The van der Waals surface area contributed by atoms with Crippen LogP contribution in [0.2, 0.25) is 10.0 Å². The molecule has 2 aromatic carbocycles. The van der Waals surface area contributed by atoms with Crippen molar-refractivity contribution in [3.8, 4) is 17.1 Å². The standard InChI is InChI=1S/C15H12Cl2N2O/c1-2-20-14-6-3-9(7-11(14)17)15-18-12-5-4-10(16)8-13(12)19-15/h3-8H,2H2,1H3,(H,18,19). The summed E-state index contributed by atoms with van der Waals surface area (Å²) in [6, 6.07) is 11.2. The fourth-order valence-corrected chi connectivity index (χ4v) is 2.45. The van der Waals surface area contributed by atoms with Gasteiger partial charge in [-0.3, -0.25) is 0 Å². The van der Waals surface area contributed by atoms with Gasteiger partial charge < -0.3 is 9.72 Å². The van der Waals surface area contributed by atoms with Gasteiger partial charge in [0.1, 0.15) is 11.6 Å². The van der Waals surface area contributed by atoms with Crippen molar-refractivity contribution in [1.29, 1.82) is 0 Å². The normalized spacial score (nSPS) is 10.9. The Morgan fingerprint density at radius 1 is 1.15 bits per heavy atom. The Balaban J connectivity index is 2.04. The Labute approximate surface area is 126 Å². The zero-order chi connectivity index (χ0) is 14.1. The summed E-state index contributed by atoms with van der Waals surface area (Å²) in [6.07, 6.45) is 0. The van der Waals surface area contributed by atoms with Crippen LogP contribution in [0.15, 0.2) is 36.4 Å². The number of halogens is 2. The average molecular weight is 307 g/mol. The van der Waals surface area contributed by atoms with E-state index in [0.717, 1.165) is 22.4 Å². The fraction of sp³-hybridized carbons (Fsp3) is 0.133. The molecule has 1 aromatic heterocycles. The molecule has 1 heterocycles. The minimum Gasteiger partial charge on any atom is -0.492 e. The molecular weight excluding hydrogens is 295 g/mol. The molecule has 5 heteroatoms. The Kier molecular flexibility index (Phi) is 3.55. The van der Waals surface area contributed by atoms with Gasteiger partial charge in [0.05, 0.1) is 22.7 Å². The van der Waals surface area contributed by atoms with Crippen LogP contribution in [-0.4, -0.2) is 16.6 Å². The third-order valence-corrected chi connectivity index (χ3v) is 3.48. The summed E-state index contributed by atoms with van der Waals surface area (Å²) in [5, 5.41) is 1.25. The van der Waals surface area contributed by atoms with Crippen molar-refractivity contribution in [1.82, 2.24) is 9.97 Å². The number of nitrogens with one attached hydrogen (secondary N) is 1. The molecule has 0 aliphatic heterocycles. The van der Waals surface area contributed by atoms with Gasteiger partial charge in [-0.1, -0.05) is 23.2 Å². The number of aromatic amines is 1. The summed E-state index contributed by atoms with van der Waals surface area (Å²) in [5.41, 5.74) is 2.68. The van der Waals surface area contributed by atoms with Crippen LogP contribution >= 0.6 is 23.2 Å². The van der Waals surface area contributed by atoms with Crippen molar-refractivity contribution >= 4 is 34.2 Å². The van der Waals surface area contributed by atoms with Gasteiger partial charge in [0.15, 0.2) is 0 Å². The summed E-state index contributed by atoms with van der Waals surface area (Å²) < 4.78 is 5.42. The first-order chi connectivity index (χ1) is 9.67. The van der Waals surface area contributed by atoms with Crippen LogP contribution in [0.1, 0.15) is 6.92 Å². The molecule has 0 spiro atoms. The zero-order valence-corrected chi connectivity index (χ0v) is 12.3. The van der Waals surface area contributed by atoms with Gasteiger partial charge in [-0.05, 0) is 43.3 Å². The fourth-order valence-electron chi connectivity index (χ4n) is 2.04. The first-order valence-corrected chi connectivity index (χ1v) is 7.01. The molecule has 0 saturated heterocycles. The molecule has 3 aromatic rings. The van der Waals surface area contributed by atoms with E-state index in [1.54, 1.807) is 0 Å². The largest absolute Gasteiger partial charge is 0.492 e. The van der Waals surface area contributed by atoms with E-state index in [9.17, 15) is 0 Å². The van der Waals surface area contributed by atoms with Gasteiger partial charge >= 0.3 is 0 Å². The summed E-state index contributed by atoms with van der Waals surface area (Å²) in [5.74, 6) is 1.43. The lowest BCUT2D eigenvalue weighted by Crippen LogP contribution is -1.92. The third-order valence-electron chi connectivity index (χ3n) is 2.95. The molecule has 0 aliphatic rings. The van der Waals surface area contributed by atoms with E-state index in [2.05, 4.69) is 9.97 Å². The number of H-pyrrole nitrogens is 1. The maximum atomic E-state index is 6.19. The second-order valence-corrected chi connectivity index (χ2v) is 5.17. The van der Waals surface area contributed by atoms with Crippen molar-refractivity contribution < 1.29 is 4.74 Å². The zero-order valence-electron chi connectivity index (χ0n) is 10.8. The van der Waals surface area contributed by atoms with Crippen molar-refractivity contribution in [2.45, 2.75) is 6.92 Å². The monoisotopic (exact) mass is 306 g/mol. The van der Waals surface area contributed by atoms with Gasteiger partial charge in [-0.25, -0.2) is 4.98 Å². The highest BCUT2D eigenvalue weighted by molar-refractivity contribution is 6.32. The van der Waals surface area contributed by atoms with Gasteiger partial charge in [-0.2, -0.15) is 0 Å². The molecule has 0 unspecified atom stereocenters. The molecule has 0 amide bonds. The number of aromatic nitrogens is 2. The SMILES string of the molecule is CCOc1ccc(-c2nc3ccc(Cl)cc3[nH]2)cc1Cl. The van der Waals surface area contributed by atoms with Crippen molar-refractivity contribution in [3.63, 3.8) is 0 Å². The number of benzene rings is 2. The van der Waals surface area contributed by atoms with Crippen LogP contribution in [0.4, 0.5) is 0 Å². The van der Waals surface area contributed by atoms with Gasteiger partial charge in [0.25, 0.3) is 0 Å². The second-order valence-electron chi connectivity index (χ2n) is 4.33. The van der Waals surface area contributed by atoms with Crippen molar-refractivity contribution in [2.24, 2.45) is 0 Å². The summed E-state index contributed by atoms with van der Waals surface area (Å²) in [7, 11) is 0. The lowest BCUT2D eigenvalue weighted by Gasteiger charge is -2.06. The molecule has 3 nitrogen and oxygen atoms in total. The van der Waals surface area contributed by atoms with Gasteiger partial charge in [0.2, 0.25) is 0 Å². The molecule has 0 radical (unpaired) electrons. The maximum Gasteiger partial charge on any atom is 0.138 e. The molecule has 20 heavy (non-hydrogen) atoms. The number of nitrogens with zero attached hydrogens (tertiary/aromatic N) is 1. The van der Waals surface area contributed by atoms with Crippen LogP contribution in [0.5, 0.6) is 5.75 Å². The second kappa shape index (κ2) is 5.35. The van der Waals surface area contributed by atoms with E-state index in [0.29, 0.717) is 22.4 Å². The van der Waals surface area contributed by atoms with Crippen LogP contribution in [0.3, 0.4) is 0 Å². The number of ether oxygens (including phenoxy) is 1. The molecule has 3 rings (SSSR count). The highest BCUT2D eigenvalue weighted by Crippen LogP contribution is 2.30. The van der Waals surface area contributed by atoms with E-state index in [4.69, 9.17) is 27.9 Å². The van der Waals surface area contributed by atoms with Crippen LogP contribution in [-0.2, 0) is 0 Å². The average Bonchev–Trinajstić information content (AvgIpc) is 2.84. The van der Waals surface area contributed by atoms with Gasteiger partial charge in [0, 0.05) is 10.6 Å². The number of fused-ring (bicyclic) bond motifs is 1. The van der Waals surface area contributed by atoms with E-state index in [-0.39, 0.29) is 0 Å². The minimum absolute atomic E-state index is 0.572. The quantitative estimate of drug-likeness (QED) is 0.744. The smallest absolute Gasteiger partial charge is 0.138 e. The highest BCUT2D eigenvalue weighted by atomic mass is 35.5. The molecule has 0 aliphatic carbocycles. The molecule has 0 fully saturated rings. The first-order valence-electron chi connectivity index (χ1n) is 6.25. The van der Waals surface area contributed by atoms with Crippen LogP contribution in [0.25, 0.3) is 22.4 Å². The number of hydrogen-bond acceptors (Lipinski definition) is 2. The summed E-state index contributed by atoms with van der Waals surface area (Å²) in [4.78, 5) is 7.76. The summed E-state index contributed by atoms with van der Waals surface area (Å²) >= 11 is 12.2. The van der Waals surface area contributed by atoms with Crippen molar-refractivity contribution in [2.75, 3.05) is 6.61 Å². The van der Waals surface area contributed by atoms with E-state index < -0.39 is 0 Å². The molecule has 0 bridgehead atoms. The van der Waals surface area contributed by atoms with E-state index in [1.165, 1.54) is 0 Å². The number of hydrogen-bond donors (Lipinski definition) is 1. The lowest BCUT2D eigenvalue weighted by atomic mass is 10.2. The van der Waals surface area contributed by atoms with Crippen LogP contribution < -0.4 is 4.74 Å². The van der Waals surface area contributed by atoms with Gasteiger partial charge in [-0.15, -0.1) is 0 Å². The minimum atomic E-state index is 0.572. The number of rotatable bonds is 3. The molecule has 0 atom stereocenters. The third kappa shape index (κ3) is 2.47. The lowest BCUT2D eigenvalue weighted by molar-refractivity contribution is 0.340. The highest BCUT2D eigenvalue weighted by Gasteiger charge is 2.08. The Morgan fingerprint density at radius 2 is 2.00 bits per heavy atom. The van der Waals surface area contributed by atoms with Crippen molar-refractivity contribution in [3.05, 3.63) is 46.4 Å². The number of imidazole rings is 1. The molecule has 0 saturated carbocycles. The molecule has 102 valence electrons. The maximum absolute atomic E-state index is 6.19. The predicted molar refractivity (Wildman–Crippen MR) is 82.7 cm³/mol. The molecule has 1 N–H and O–H groups in total. The molecular formula is C15H12Cl2N2O. The Hall–Kier alpha value is -1.71. The van der Waals surface area contributed by atoms with E-state index >= 15 is 0 Å².